The Morgan fingerprint density at radius 3 is 1.79 bits per heavy atom. The largest absolute Gasteiger partial charge is 0.274 e. The molecule has 0 saturated heterocycles. The maximum absolute atomic E-state index is 14.1. The van der Waals surface area contributed by atoms with Gasteiger partial charge in [-0.15, -0.1) is 0 Å². The summed E-state index contributed by atoms with van der Waals surface area (Å²) in [6.45, 7) is 0. The van der Waals surface area contributed by atoms with E-state index < -0.39 is 0 Å². The molecule has 8 rings (SSSR count). The summed E-state index contributed by atoms with van der Waals surface area (Å²) in [5.74, 6) is 1.03. The molecular weight excluding hydrogens is 518 g/mol. The minimum absolute atomic E-state index is 0.168. The molecule has 0 fully saturated rings. The second-order valence-corrected chi connectivity index (χ2v) is 10.1. The van der Waals surface area contributed by atoms with E-state index in [1.807, 2.05) is 108 Å². The molecule has 0 spiro atoms. The van der Waals surface area contributed by atoms with E-state index in [0.29, 0.717) is 33.7 Å². The number of aromatic nitrogens is 5. The lowest BCUT2D eigenvalue weighted by atomic mass is 10.0. The molecule has 3 aromatic heterocycles. The number of hydrogen-bond acceptors (Lipinski definition) is 4. The number of imidazole rings is 1. The predicted octanol–water partition coefficient (Wildman–Crippen LogP) is 7.58. The quantitative estimate of drug-likeness (QED) is 0.230. The Morgan fingerprint density at radius 1 is 0.500 bits per heavy atom. The number of fused-ring (bicyclic) bond motifs is 4. The molecule has 0 amide bonds. The fourth-order valence-electron chi connectivity index (χ4n) is 5.56. The van der Waals surface area contributed by atoms with Crippen LogP contribution in [0.3, 0.4) is 0 Å². The maximum atomic E-state index is 14.1. The van der Waals surface area contributed by atoms with Crippen LogP contribution in [0, 0.1) is 0 Å². The van der Waals surface area contributed by atoms with Crippen molar-refractivity contribution in [2.45, 2.75) is 0 Å². The van der Waals surface area contributed by atoms with Gasteiger partial charge in [-0.2, -0.15) is 0 Å². The van der Waals surface area contributed by atoms with E-state index in [2.05, 4.69) is 36.4 Å². The van der Waals surface area contributed by atoms with Crippen molar-refractivity contribution in [2.75, 3.05) is 0 Å². The first kappa shape index (κ1) is 24.0. The number of nitrogens with zero attached hydrogens (tertiary/aromatic N) is 5. The second-order valence-electron chi connectivity index (χ2n) is 10.1. The van der Waals surface area contributed by atoms with Crippen LogP contribution in [0.1, 0.15) is 0 Å². The summed E-state index contributed by atoms with van der Waals surface area (Å²) in [5.41, 5.74) is 7.30. The van der Waals surface area contributed by atoms with Gasteiger partial charge >= 0.3 is 0 Å². The Kier molecular flexibility index (Phi) is 5.50. The molecule has 0 saturated carbocycles. The van der Waals surface area contributed by atoms with Gasteiger partial charge in [0, 0.05) is 16.8 Å². The number of para-hydroxylation sites is 2. The van der Waals surface area contributed by atoms with Crippen molar-refractivity contribution in [3.63, 3.8) is 0 Å². The third-order valence-electron chi connectivity index (χ3n) is 7.57. The van der Waals surface area contributed by atoms with E-state index in [9.17, 15) is 4.79 Å². The molecule has 8 aromatic rings. The highest BCUT2D eigenvalue weighted by Crippen LogP contribution is 2.34. The van der Waals surface area contributed by atoms with Crippen molar-refractivity contribution in [1.82, 2.24) is 23.9 Å². The molecule has 0 atom stereocenters. The van der Waals surface area contributed by atoms with E-state index in [4.69, 9.17) is 15.0 Å². The Morgan fingerprint density at radius 2 is 1.07 bits per heavy atom. The van der Waals surface area contributed by atoms with Gasteiger partial charge in [0.2, 0.25) is 5.78 Å². The summed E-state index contributed by atoms with van der Waals surface area (Å²) >= 11 is 0. The highest BCUT2D eigenvalue weighted by Gasteiger charge is 2.24. The van der Waals surface area contributed by atoms with Crippen LogP contribution in [0.15, 0.2) is 144 Å². The first-order valence-electron chi connectivity index (χ1n) is 13.8. The van der Waals surface area contributed by atoms with Crippen LogP contribution < -0.4 is 5.56 Å². The van der Waals surface area contributed by atoms with Crippen LogP contribution in [0.25, 0.3) is 67.3 Å². The van der Waals surface area contributed by atoms with Crippen molar-refractivity contribution in [3.05, 3.63) is 150 Å². The third-order valence-corrected chi connectivity index (χ3v) is 7.57. The Labute approximate surface area is 240 Å². The topological polar surface area (TPSA) is 65.1 Å². The Balaban J connectivity index is 1.52. The van der Waals surface area contributed by atoms with Crippen LogP contribution in [0.5, 0.6) is 0 Å². The first-order chi connectivity index (χ1) is 20.8. The monoisotopic (exact) mass is 541 g/mol. The molecule has 0 aliphatic rings. The normalized spacial score (nSPS) is 11.4. The van der Waals surface area contributed by atoms with E-state index in [0.717, 1.165) is 33.6 Å². The van der Waals surface area contributed by atoms with Gasteiger partial charge < -0.3 is 0 Å². The fourth-order valence-corrected chi connectivity index (χ4v) is 5.56. The second kappa shape index (κ2) is 9.64. The van der Waals surface area contributed by atoms with E-state index in [1.165, 1.54) is 0 Å². The molecule has 0 N–H and O–H groups in total. The molecule has 0 aliphatic heterocycles. The van der Waals surface area contributed by atoms with E-state index >= 15 is 0 Å². The number of benzene rings is 5. The van der Waals surface area contributed by atoms with Crippen LogP contribution >= 0.6 is 0 Å². The van der Waals surface area contributed by atoms with Crippen molar-refractivity contribution >= 4 is 27.8 Å². The molecule has 6 nitrogen and oxygen atoms in total. The van der Waals surface area contributed by atoms with Crippen LogP contribution in [0.4, 0.5) is 0 Å². The third kappa shape index (κ3) is 3.81. The Bertz CT molecular complexity index is 2290. The fraction of sp³-hybridized carbons (Fsp3) is 0. The minimum Gasteiger partial charge on any atom is -0.274 e. The summed E-state index contributed by atoms with van der Waals surface area (Å²) < 4.78 is 3.62. The molecule has 0 aliphatic carbocycles. The van der Waals surface area contributed by atoms with Gasteiger partial charge in [0.05, 0.1) is 10.9 Å². The molecule has 6 heteroatoms. The lowest BCUT2D eigenvalue weighted by molar-refractivity contribution is 1.04. The van der Waals surface area contributed by atoms with Gasteiger partial charge in [-0.1, -0.05) is 115 Å². The zero-order valence-electron chi connectivity index (χ0n) is 22.4. The minimum atomic E-state index is -0.168. The Hall–Kier alpha value is -5.88. The summed E-state index contributed by atoms with van der Waals surface area (Å²) in [6, 6.07) is 45.9. The van der Waals surface area contributed by atoms with Crippen LogP contribution in [0.2, 0.25) is 0 Å². The van der Waals surface area contributed by atoms with Gasteiger partial charge in [0.15, 0.2) is 11.5 Å². The number of hydrogen-bond donors (Lipinski definition) is 0. The van der Waals surface area contributed by atoms with Gasteiger partial charge in [-0.05, 0) is 35.4 Å². The molecule has 42 heavy (non-hydrogen) atoms. The van der Waals surface area contributed by atoms with E-state index in [1.54, 1.807) is 4.40 Å². The smallest absolute Gasteiger partial charge is 0.268 e. The SMILES string of the molecule is O=c1c2ccccc2nc2n(-c3ccccc3)c3c(-c4ccc(-c5ccccc5)cc4)nc(-c4ccccc4)nc3n12. The molecule has 5 aromatic carbocycles. The average Bonchev–Trinajstić information content (AvgIpc) is 3.40. The summed E-state index contributed by atoms with van der Waals surface area (Å²) in [4.78, 5) is 29.3. The summed E-state index contributed by atoms with van der Waals surface area (Å²) in [7, 11) is 0. The average molecular weight is 542 g/mol. The van der Waals surface area contributed by atoms with Crippen LogP contribution in [-0.4, -0.2) is 23.9 Å². The lowest BCUT2D eigenvalue weighted by Gasteiger charge is -2.11. The lowest BCUT2D eigenvalue weighted by Crippen LogP contribution is -2.15. The molecule has 198 valence electrons. The molecule has 0 radical (unpaired) electrons. The standard InChI is InChI=1S/C36H23N5O/c42-35-29-18-10-11-19-30(29)37-36-40(28-16-8-3-9-17-28)32-31(26-22-20-25(21-23-26)24-12-4-1-5-13-24)38-33(39-34(32)41(35)36)27-14-6-2-7-15-27/h1-23H. The van der Waals surface area contributed by atoms with E-state index in [-0.39, 0.29) is 5.56 Å². The number of rotatable bonds is 4. The van der Waals surface area contributed by atoms with Gasteiger partial charge in [-0.3, -0.25) is 9.36 Å². The van der Waals surface area contributed by atoms with Crippen LogP contribution in [-0.2, 0) is 0 Å². The van der Waals surface area contributed by atoms with Gasteiger partial charge in [0.1, 0.15) is 11.2 Å². The summed E-state index contributed by atoms with van der Waals surface area (Å²) in [6.07, 6.45) is 0. The highest BCUT2D eigenvalue weighted by atomic mass is 16.1. The molecule has 3 heterocycles. The zero-order valence-corrected chi connectivity index (χ0v) is 22.4. The predicted molar refractivity (Wildman–Crippen MR) is 168 cm³/mol. The van der Waals surface area contributed by atoms with Gasteiger partial charge in [-0.25, -0.2) is 19.4 Å². The molecular formula is C36H23N5O. The maximum Gasteiger partial charge on any atom is 0.268 e. The van der Waals surface area contributed by atoms with Crippen molar-refractivity contribution in [3.8, 4) is 39.5 Å². The first-order valence-corrected chi connectivity index (χ1v) is 13.8. The molecule has 0 bridgehead atoms. The van der Waals surface area contributed by atoms with Crippen molar-refractivity contribution in [1.29, 1.82) is 0 Å². The summed E-state index contributed by atoms with van der Waals surface area (Å²) in [5, 5.41) is 0.538. The molecule has 0 unspecified atom stereocenters. The highest BCUT2D eigenvalue weighted by molar-refractivity contribution is 5.95. The van der Waals surface area contributed by atoms with Gasteiger partial charge in [0.25, 0.3) is 5.56 Å². The zero-order chi connectivity index (χ0) is 28.0. The van der Waals surface area contributed by atoms with Crippen molar-refractivity contribution < 1.29 is 0 Å². The van der Waals surface area contributed by atoms with Crippen molar-refractivity contribution in [2.24, 2.45) is 0 Å².